The third kappa shape index (κ3) is 3.93. The fourth-order valence-electron chi connectivity index (χ4n) is 2.74. The first-order valence-electron chi connectivity index (χ1n) is 6.78. The maximum Gasteiger partial charge on any atom is 0.224 e. The number of hydrogen-bond acceptors (Lipinski definition) is 2. The zero-order valence-electron chi connectivity index (χ0n) is 11.9. The Morgan fingerprint density at radius 3 is 2.85 bits per heavy atom. The minimum Gasteiger partial charge on any atom is -0.335 e. The molecule has 3 nitrogen and oxygen atoms in total. The topological polar surface area (TPSA) is 46.3 Å². The number of nitrogens with zero attached hydrogens (tertiary/aromatic N) is 1. The molecule has 1 heterocycles. The number of benzene rings is 1. The minimum atomic E-state index is -0.253. The van der Waals surface area contributed by atoms with E-state index in [2.05, 4.69) is 6.92 Å². The van der Waals surface area contributed by atoms with E-state index in [0.29, 0.717) is 12.3 Å². The van der Waals surface area contributed by atoms with Crippen LogP contribution < -0.4 is 5.73 Å². The van der Waals surface area contributed by atoms with E-state index < -0.39 is 0 Å². The molecule has 3 atom stereocenters. The van der Waals surface area contributed by atoms with Crippen LogP contribution in [0.25, 0.3) is 0 Å². The fraction of sp³-hybridized carbons (Fsp3) is 0.533. The predicted octanol–water partition coefficient (Wildman–Crippen LogP) is 2.89. The Balaban J connectivity index is 0.00000200. The van der Waals surface area contributed by atoms with E-state index in [0.717, 1.165) is 18.5 Å². The van der Waals surface area contributed by atoms with E-state index in [4.69, 9.17) is 5.73 Å². The molecule has 1 saturated heterocycles. The van der Waals surface area contributed by atoms with Crippen molar-refractivity contribution in [3.8, 4) is 0 Å². The molecule has 1 fully saturated rings. The van der Waals surface area contributed by atoms with E-state index in [1.165, 1.54) is 12.1 Å². The van der Waals surface area contributed by atoms with Gasteiger partial charge in [0.2, 0.25) is 5.91 Å². The minimum absolute atomic E-state index is 0. The van der Waals surface area contributed by atoms with E-state index in [1.807, 2.05) is 17.9 Å². The van der Waals surface area contributed by atoms with E-state index >= 15 is 0 Å². The lowest BCUT2D eigenvalue weighted by atomic mass is 10.0. The molecule has 0 radical (unpaired) electrons. The van der Waals surface area contributed by atoms with Gasteiger partial charge in [-0.3, -0.25) is 4.79 Å². The third-order valence-electron chi connectivity index (χ3n) is 3.56. The molecule has 0 saturated carbocycles. The Morgan fingerprint density at radius 2 is 2.25 bits per heavy atom. The SMILES string of the molecule is CC(N)CC(=O)N1CC(C)CC1c1cccc(F)c1.Cl. The lowest BCUT2D eigenvalue weighted by Crippen LogP contribution is -2.34. The highest BCUT2D eigenvalue weighted by Crippen LogP contribution is 2.35. The molecule has 112 valence electrons. The molecule has 1 amide bonds. The highest BCUT2D eigenvalue weighted by Gasteiger charge is 2.34. The summed E-state index contributed by atoms with van der Waals surface area (Å²) in [4.78, 5) is 14.1. The number of hydrogen-bond donors (Lipinski definition) is 1. The van der Waals surface area contributed by atoms with Crippen LogP contribution in [0.3, 0.4) is 0 Å². The lowest BCUT2D eigenvalue weighted by molar-refractivity contribution is -0.132. The molecule has 2 rings (SSSR count). The van der Waals surface area contributed by atoms with Crippen LogP contribution in [0.5, 0.6) is 0 Å². The van der Waals surface area contributed by atoms with E-state index in [-0.39, 0.29) is 36.2 Å². The zero-order valence-corrected chi connectivity index (χ0v) is 12.7. The fourth-order valence-corrected chi connectivity index (χ4v) is 2.74. The molecule has 0 spiro atoms. The summed E-state index contributed by atoms with van der Waals surface area (Å²) in [6.07, 6.45) is 1.23. The molecule has 0 bridgehead atoms. The van der Waals surface area contributed by atoms with Gasteiger partial charge in [-0.25, -0.2) is 4.39 Å². The van der Waals surface area contributed by atoms with Gasteiger partial charge in [-0.05, 0) is 37.0 Å². The van der Waals surface area contributed by atoms with Crippen molar-refractivity contribution in [3.63, 3.8) is 0 Å². The van der Waals surface area contributed by atoms with Crippen LogP contribution in [-0.2, 0) is 4.79 Å². The van der Waals surface area contributed by atoms with Crippen LogP contribution in [0.1, 0.15) is 38.3 Å². The molecular weight excluding hydrogens is 279 g/mol. The molecule has 1 aromatic rings. The quantitative estimate of drug-likeness (QED) is 0.933. The molecule has 1 aliphatic heterocycles. The average Bonchev–Trinajstić information content (AvgIpc) is 2.70. The van der Waals surface area contributed by atoms with Gasteiger partial charge in [0.25, 0.3) is 0 Å². The van der Waals surface area contributed by atoms with Crippen molar-refractivity contribution in [2.24, 2.45) is 11.7 Å². The van der Waals surface area contributed by atoms with Crippen molar-refractivity contribution in [2.45, 2.75) is 38.8 Å². The van der Waals surface area contributed by atoms with Gasteiger partial charge in [-0.15, -0.1) is 12.4 Å². The predicted molar refractivity (Wildman–Crippen MR) is 80.1 cm³/mol. The first-order chi connectivity index (χ1) is 8.97. The Hall–Kier alpha value is -1.13. The van der Waals surface area contributed by atoms with Crippen molar-refractivity contribution in [1.29, 1.82) is 0 Å². The first kappa shape index (κ1) is 16.9. The Bertz CT molecular complexity index is 467. The molecule has 5 heteroatoms. The zero-order chi connectivity index (χ0) is 14.0. The highest BCUT2D eigenvalue weighted by molar-refractivity contribution is 5.85. The van der Waals surface area contributed by atoms with Gasteiger partial charge in [-0.2, -0.15) is 0 Å². The van der Waals surface area contributed by atoms with Gasteiger partial charge in [0.15, 0.2) is 0 Å². The molecular formula is C15H22ClFN2O. The van der Waals surface area contributed by atoms with Gasteiger partial charge in [-0.1, -0.05) is 19.1 Å². The number of carbonyl (C=O) groups excluding carboxylic acids is 1. The first-order valence-corrected chi connectivity index (χ1v) is 6.78. The average molecular weight is 301 g/mol. The van der Waals surface area contributed by atoms with Gasteiger partial charge >= 0.3 is 0 Å². The van der Waals surface area contributed by atoms with Gasteiger partial charge in [0.05, 0.1) is 6.04 Å². The Morgan fingerprint density at radius 1 is 1.55 bits per heavy atom. The maximum atomic E-state index is 13.3. The number of amides is 1. The molecule has 0 aromatic heterocycles. The van der Waals surface area contributed by atoms with Gasteiger partial charge in [0, 0.05) is 19.0 Å². The largest absolute Gasteiger partial charge is 0.335 e. The molecule has 0 aliphatic carbocycles. The molecule has 2 N–H and O–H groups in total. The number of halogens is 2. The molecule has 20 heavy (non-hydrogen) atoms. The highest BCUT2D eigenvalue weighted by atomic mass is 35.5. The van der Waals surface area contributed by atoms with Crippen molar-refractivity contribution in [1.82, 2.24) is 4.90 Å². The summed E-state index contributed by atoms with van der Waals surface area (Å²) in [5.41, 5.74) is 6.57. The summed E-state index contributed by atoms with van der Waals surface area (Å²) in [6, 6.07) is 6.37. The third-order valence-corrected chi connectivity index (χ3v) is 3.56. The number of rotatable bonds is 3. The van der Waals surface area contributed by atoms with Crippen molar-refractivity contribution in [3.05, 3.63) is 35.6 Å². The van der Waals surface area contributed by atoms with Crippen LogP contribution in [0.15, 0.2) is 24.3 Å². The van der Waals surface area contributed by atoms with Crippen molar-refractivity contribution in [2.75, 3.05) is 6.54 Å². The standard InChI is InChI=1S/C15H21FN2O.ClH/c1-10-6-14(12-4-3-5-13(16)8-12)18(9-10)15(19)7-11(2)17;/h3-5,8,10-11,14H,6-7,9,17H2,1-2H3;1H. The van der Waals surface area contributed by atoms with E-state index in [9.17, 15) is 9.18 Å². The van der Waals surface area contributed by atoms with Gasteiger partial charge < -0.3 is 10.6 Å². The number of likely N-dealkylation sites (tertiary alicyclic amines) is 1. The molecule has 3 unspecified atom stereocenters. The summed E-state index contributed by atoms with van der Waals surface area (Å²) >= 11 is 0. The Labute approximate surface area is 125 Å². The summed E-state index contributed by atoms with van der Waals surface area (Å²) in [7, 11) is 0. The molecule has 1 aromatic carbocycles. The molecule has 1 aliphatic rings. The smallest absolute Gasteiger partial charge is 0.224 e. The second kappa shape index (κ2) is 7.04. The summed E-state index contributed by atoms with van der Waals surface area (Å²) in [5.74, 6) is 0.246. The second-order valence-electron chi connectivity index (χ2n) is 5.64. The van der Waals surface area contributed by atoms with Crippen LogP contribution in [-0.4, -0.2) is 23.4 Å². The lowest BCUT2D eigenvalue weighted by Gasteiger charge is -2.26. The van der Waals surface area contributed by atoms with Crippen molar-refractivity contribution >= 4 is 18.3 Å². The summed E-state index contributed by atoms with van der Waals surface area (Å²) < 4.78 is 13.3. The van der Waals surface area contributed by atoms with Crippen LogP contribution in [0, 0.1) is 11.7 Å². The Kier molecular flexibility index (Phi) is 5.96. The monoisotopic (exact) mass is 300 g/mol. The van der Waals surface area contributed by atoms with Crippen LogP contribution >= 0.6 is 12.4 Å². The second-order valence-corrected chi connectivity index (χ2v) is 5.64. The van der Waals surface area contributed by atoms with Crippen LogP contribution in [0.2, 0.25) is 0 Å². The summed E-state index contributed by atoms with van der Waals surface area (Å²) in [5, 5.41) is 0. The van der Waals surface area contributed by atoms with E-state index in [1.54, 1.807) is 6.07 Å². The summed E-state index contributed by atoms with van der Waals surface area (Å²) in [6.45, 7) is 4.67. The van der Waals surface area contributed by atoms with Crippen LogP contribution in [0.4, 0.5) is 4.39 Å². The van der Waals surface area contributed by atoms with Gasteiger partial charge in [0.1, 0.15) is 5.82 Å². The normalized spacial score (nSPS) is 23.3. The number of nitrogens with two attached hydrogens (primary N) is 1. The van der Waals surface area contributed by atoms with Crippen molar-refractivity contribution < 1.29 is 9.18 Å². The maximum absolute atomic E-state index is 13.3. The number of carbonyl (C=O) groups is 1.